The first-order valence-corrected chi connectivity index (χ1v) is 13.5. The van der Waals surface area contributed by atoms with Crippen LogP contribution in [-0.4, -0.2) is 31.2 Å². The van der Waals surface area contributed by atoms with Gasteiger partial charge in [0.1, 0.15) is 10.5 Å². The summed E-state index contributed by atoms with van der Waals surface area (Å²) in [6.45, 7) is 1.81. The topological polar surface area (TPSA) is 153 Å². The zero-order valence-corrected chi connectivity index (χ0v) is 23.2. The van der Waals surface area contributed by atoms with E-state index in [9.17, 15) is 32.9 Å². The molecule has 0 aromatic heterocycles. The van der Waals surface area contributed by atoms with E-state index in [-0.39, 0.29) is 36.5 Å². The summed E-state index contributed by atoms with van der Waals surface area (Å²) in [5.41, 5.74) is 0.254. The van der Waals surface area contributed by atoms with E-state index in [0.717, 1.165) is 11.6 Å². The summed E-state index contributed by atoms with van der Waals surface area (Å²) in [5.74, 6) is -2.05. The van der Waals surface area contributed by atoms with Crippen molar-refractivity contribution in [1.82, 2.24) is 5.32 Å². The minimum Gasteiger partial charge on any atom is -0.377 e. The number of nitrogens with zero attached hydrogens (tertiary/aromatic N) is 2. The fourth-order valence-electron chi connectivity index (χ4n) is 3.41. The number of anilines is 1. The second-order valence-corrected chi connectivity index (χ2v) is 11.2. The van der Waals surface area contributed by atoms with Gasteiger partial charge in [0.05, 0.1) is 19.6 Å². The number of aryl methyl sites for hydroxylation is 1. The first-order valence-electron chi connectivity index (χ1n) is 10.5. The SMILES string of the molecule is Cc1ccc(S(=O)(=O)Oc2c(Br)cc(/C=C3\C(=O)NC(=O)N(c4cccc([N+](=O)[O-])c4)C3=O)cc2Br)cc1. The van der Waals surface area contributed by atoms with Crippen LogP contribution in [0.15, 0.2) is 80.1 Å². The minimum atomic E-state index is -4.17. The predicted octanol–water partition coefficient (Wildman–Crippen LogP) is 4.86. The van der Waals surface area contributed by atoms with Crippen molar-refractivity contribution in [2.45, 2.75) is 11.8 Å². The predicted molar refractivity (Wildman–Crippen MR) is 143 cm³/mol. The van der Waals surface area contributed by atoms with E-state index in [2.05, 4.69) is 31.9 Å². The van der Waals surface area contributed by atoms with Gasteiger partial charge in [-0.15, -0.1) is 0 Å². The Labute approximate surface area is 232 Å². The lowest BCUT2D eigenvalue weighted by Crippen LogP contribution is -2.54. The van der Waals surface area contributed by atoms with Crippen LogP contribution in [0, 0.1) is 17.0 Å². The summed E-state index contributed by atoms with van der Waals surface area (Å²) in [7, 11) is -4.17. The molecule has 0 radical (unpaired) electrons. The van der Waals surface area contributed by atoms with Crippen LogP contribution in [0.2, 0.25) is 0 Å². The van der Waals surface area contributed by atoms with Crippen LogP contribution in [0.4, 0.5) is 16.2 Å². The first-order chi connectivity index (χ1) is 17.9. The number of nitro benzene ring substituents is 1. The third kappa shape index (κ3) is 5.51. The van der Waals surface area contributed by atoms with Gasteiger partial charge in [-0.25, -0.2) is 9.69 Å². The Hall–Kier alpha value is -3.88. The van der Waals surface area contributed by atoms with Crippen LogP contribution in [0.1, 0.15) is 11.1 Å². The Bertz CT molecular complexity index is 1630. The number of amides is 4. The summed E-state index contributed by atoms with van der Waals surface area (Å²) >= 11 is 6.49. The molecule has 3 aromatic rings. The van der Waals surface area contributed by atoms with Gasteiger partial charge in [-0.3, -0.25) is 25.0 Å². The van der Waals surface area contributed by atoms with E-state index in [0.29, 0.717) is 4.90 Å². The zero-order valence-electron chi connectivity index (χ0n) is 19.2. The van der Waals surface area contributed by atoms with E-state index in [4.69, 9.17) is 4.18 Å². The van der Waals surface area contributed by atoms with Crippen LogP contribution in [-0.2, 0) is 19.7 Å². The van der Waals surface area contributed by atoms with Gasteiger partial charge in [0.2, 0.25) is 0 Å². The number of carbonyl (C=O) groups is 3. The summed E-state index contributed by atoms with van der Waals surface area (Å²) in [6.07, 6.45) is 1.18. The number of carbonyl (C=O) groups excluding carboxylic acids is 3. The van der Waals surface area contributed by atoms with Crippen molar-refractivity contribution in [1.29, 1.82) is 0 Å². The molecule has 0 saturated carbocycles. The number of non-ortho nitro benzene ring substituents is 1. The number of halogens is 2. The maximum Gasteiger partial charge on any atom is 0.339 e. The van der Waals surface area contributed by atoms with Gasteiger partial charge in [-0.2, -0.15) is 8.42 Å². The standard InChI is InChI=1S/C24H15Br2N3O8S/c1-13-5-7-17(8-6-13)38(35,36)37-21-19(25)10-14(11-20(21)26)9-18-22(30)27-24(32)28(23(18)31)15-3-2-4-16(12-15)29(33)34/h2-12H,1H3,(H,27,30,32)/b18-9+. The lowest BCUT2D eigenvalue weighted by atomic mass is 10.1. The number of nitrogens with one attached hydrogen (secondary N) is 1. The molecule has 1 heterocycles. The maximum atomic E-state index is 13.1. The van der Waals surface area contributed by atoms with E-state index in [1.165, 1.54) is 48.5 Å². The highest BCUT2D eigenvalue weighted by Crippen LogP contribution is 2.37. The molecular formula is C24H15Br2N3O8S. The van der Waals surface area contributed by atoms with E-state index >= 15 is 0 Å². The fraction of sp³-hybridized carbons (Fsp3) is 0.0417. The molecule has 1 fully saturated rings. The minimum absolute atomic E-state index is 0.0523. The van der Waals surface area contributed by atoms with E-state index in [1.54, 1.807) is 12.1 Å². The highest BCUT2D eigenvalue weighted by molar-refractivity contribution is 9.11. The van der Waals surface area contributed by atoms with Crippen LogP contribution >= 0.6 is 31.9 Å². The van der Waals surface area contributed by atoms with Crippen LogP contribution in [0.25, 0.3) is 6.08 Å². The second kappa shape index (κ2) is 10.5. The van der Waals surface area contributed by atoms with Crippen LogP contribution in [0.3, 0.4) is 0 Å². The van der Waals surface area contributed by atoms with Gasteiger partial charge in [0.25, 0.3) is 17.5 Å². The van der Waals surface area contributed by atoms with Gasteiger partial charge in [0, 0.05) is 12.1 Å². The molecule has 3 aromatic carbocycles. The molecule has 0 aliphatic carbocycles. The Morgan fingerprint density at radius 2 is 1.63 bits per heavy atom. The van der Waals surface area contributed by atoms with Gasteiger partial charge < -0.3 is 4.18 Å². The monoisotopic (exact) mass is 663 g/mol. The average Bonchev–Trinajstić information content (AvgIpc) is 2.84. The van der Waals surface area contributed by atoms with Crippen LogP contribution < -0.4 is 14.4 Å². The summed E-state index contributed by atoms with van der Waals surface area (Å²) in [6, 6.07) is 12.7. The molecule has 0 unspecified atom stereocenters. The number of urea groups is 1. The number of benzene rings is 3. The number of hydrogen-bond donors (Lipinski definition) is 1. The molecule has 194 valence electrons. The Balaban J connectivity index is 1.67. The van der Waals surface area contributed by atoms with E-state index < -0.39 is 38.5 Å². The Kier molecular flexibility index (Phi) is 7.49. The molecule has 14 heteroatoms. The molecule has 0 atom stereocenters. The molecule has 1 aliphatic heterocycles. The molecule has 1 saturated heterocycles. The van der Waals surface area contributed by atoms with Gasteiger partial charge in [-0.1, -0.05) is 23.8 Å². The van der Waals surface area contributed by atoms with Gasteiger partial charge in [0.15, 0.2) is 5.75 Å². The lowest BCUT2D eigenvalue weighted by Gasteiger charge is -2.26. The third-order valence-corrected chi connectivity index (χ3v) is 7.65. The van der Waals surface area contributed by atoms with Gasteiger partial charge in [-0.05, 0) is 80.8 Å². The van der Waals surface area contributed by atoms with Crippen molar-refractivity contribution >= 4 is 77.3 Å². The molecule has 4 rings (SSSR count). The average molecular weight is 665 g/mol. The fourth-order valence-corrected chi connectivity index (χ4v) is 5.97. The number of rotatable bonds is 6. The zero-order chi connectivity index (χ0) is 27.8. The maximum absolute atomic E-state index is 13.1. The summed E-state index contributed by atoms with van der Waals surface area (Å²) in [4.78, 5) is 49.0. The molecule has 0 spiro atoms. The molecule has 4 amide bonds. The third-order valence-electron chi connectivity index (χ3n) is 5.23. The van der Waals surface area contributed by atoms with Crippen molar-refractivity contribution in [2.75, 3.05) is 4.90 Å². The molecule has 1 aliphatic rings. The molecule has 1 N–H and O–H groups in total. The first kappa shape index (κ1) is 27.2. The Morgan fingerprint density at radius 1 is 1.00 bits per heavy atom. The molecule has 38 heavy (non-hydrogen) atoms. The van der Waals surface area contributed by atoms with E-state index in [1.807, 2.05) is 12.2 Å². The van der Waals surface area contributed by atoms with Crippen molar-refractivity contribution < 1.29 is 31.9 Å². The number of nitro groups is 1. The highest BCUT2D eigenvalue weighted by Gasteiger charge is 2.37. The lowest BCUT2D eigenvalue weighted by molar-refractivity contribution is -0.384. The van der Waals surface area contributed by atoms with Crippen molar-refractivity contribution in [3.8, 4) is 5.75 Å². The normalized spacial score (nSPS) is 15.0. The van der Waals surface area contributed by atoms with Crippen molar-refractivity contribution in [3.63, 3.8) is 0 Å². The van der Waals surface area contributed by atoms with Gasteiger partial charge >= 0.3 is 16.1 Å². The highest BCUT2D eigenvalue weighted by atomic mass is 79.9. The van der Waals surface area contributed by atoms with Crippen molar-refractivity contribution in [2.24, 2.45) is 0 Å². The molecule has 11 nitrogen and oxygen atoms in total. The number of imide groups is 2. The summed E-state index contributed by atoms with van der Waals surface area (Å²) < 4.78 is 31.1. The number of hydrogen-bond acceptors (Lipinski definition) is 8. The second-order valence-electron chi connectivity index (χ2n) is 7.90. The molecule has 0 bridgehead atoms. The number of barbiturate groups is 1. The van der Waals surface area contributed by atoms with Crippen LogP contribution in [0.5, 0.6) is 5.75 Å². The summed E-state index contributed by atoms with van der Waals surface area (Å²) in [5, 5.41) is 13.1. The quantitative estimate of drug-likeness (QED) is 0.129. The Morgan fingerprint density at radius 3 is 2.24 bits per heavy atom. The molecular weight excluding hydrogens is 650 g/mol. The van der Waals surface area contributed by atoms with Crippen molar-refractivity contribution in [3.05, 3.63) is 96.4 Å². The smallest absolute Gasteiger partial charge is 0.339 e. The largest absolute Gasteiger partial charge is 0.377 e.